The Kier molecular flexibility index (Phi) is 6.29. The predicted molar refractivity (Wildman–Crippen MR) is 109 cm³/mol. The minimum atomic E-state index is -2.22. The Balaban J connectivity index is 2.30. The van der Waals surface area contributed by atoms with Crippen molar-refractivity contribution >= 4 is 24.9 Å². The molecule has 0 bridgehead atoms. The summed E-state index contributed by atoms with van der Waals surface area (Å²) in [6.07, 6.45) is 2.84. The Morgan fingerprint density at radius 2 is 0.792 bits per heavy atom. The summed E-state index contributed by atoms with van der Waals surface area (Å²) in [6, 6.07) is 16.2. The van der Waals surface area contributed by atoms with Crippen LogP contribution in [0.4, 0.5) is 0 Å². The molecule has 0 aliphatic heterocycles. The third-order valence-electron chi connectivity index (χ3n) is 5.05. The molecule has 0 fully saturated rings. The van der Waals surface area contributed by atoms with Gasteiger partial charge in [0.1, 0.15) is 14.3 Å². The van der Waals surface area contributed by atoms with E-state index >= 15 is 0 Å². The maximum atomic E-state index is 12.8. The van der Waals surface area contributed by atoms with Gasteiger partial charge in [0.2, 0.25) is 0 Å². The molecule has 0 N–H and O–H groups in total. The Bertz CT molecular complexity index is 678. The molecule has 0 aromatic heterocycles. The summed E-state index contributed by atoms with van der Waals surface area (Å²) >= 11 is 0. The van der Waals surface area contributed by atoms with E-state index in [1.165, 1.54) is 0 Å². The molecule has 0 saturated carbocycles. The van der Waals surface area contributed by atoms with Crippen LogP contribution in [0.3, 0.4) is 0 Å². The molecule has 2 aromatic rings. The van der Waals surface area contributed by atoms with Crippen molar-refractivity contribution in [3.8, 4) is 11.1 Å². The Morgan fingerprint density at radius 1 is 0.542 bits per heavy atom. The molecule has 0 unspecified atom stereocenters. The quantitative estimate of drug-likeness (QED) is 0.617. The fourth-order valence-corrected chi connectivity index (χ4v) is 6.77. The Hall–Kier alpha value is -1.10. The standard InChI is InChI=1S/C20H28O2P2/c1-5-23(21,6-2)19-13-9-17(10-14-19)18-11-15-20(16-12-18)24(22,7-3)8-4/h9-16H,5-8H2,1-4H3. The van der Waals surface area contributed by atoms with Gasteiger partial charge < -0.3 is 9.13 Å². The van der Waals surface area contributed by atoms with Crippen molar-refractivity contribution in [1.82, 2.24) is 0 Å². The van der Waals surface area contributed by atoms with Gasteiger partial charge in [-0.05, 0) is 11.1 Å². The van der Waals surface area contributed by atoms with Crippen molar-refractivity contribution in [3.63, 3.8) is 0 Å². The lowest BCUT2D eigenvalue weighted by Crippen LogP contribution is -2.09. The van der Waals surface area contributed by atoms with Gasteiger partial charge in [-0.3, -0.25) is 0 Å². The monoisotopic (exact) mass is 362 g/mol. The van der Waals surface area contributed by atoms with Gasteiger partial charge in [0.05, 0.1) is 0 Å². The highest BCUT2D eigenvalue weighted by Gasteiger charge is 2.21. The summed E-state index contributed by atoms with van der Waals surface area (Å²) in [5.74, 6) is 0. The molecular formula is C20H28O2P2. The summed E-state index contributed by atoms with van der Waals surface area (Å²) < 4.78 is 25.6. The van der Waals surface area contributed by atoms with Crippen molar-refractivity contribution in [2.75, 3.05) is 24.6 Å². The van der Waals surface area contributed by atoms with Gasteiger partial charge in [-0.2, -0.15) is 0 Å². The second-order valence-corrected chi connectivity index (χ2v) is 13.3. The minimum absolute atomic E-state index is 0.709. The molecule has 0 atom stereocenters. The van der Waals surface area contributed by atoms with E-state index in [0.29, 0.717) is 24.6 Å². The molecule has 24 heavy (non-hydrogen) atoms. The van der Waals surface area contributed by atoms with E-state index in [4.69, 9.17) is 0 Å². The van der Waals surface area contributed by atoms with Crippen molar-refractivity contribution in [3.05, 3.63) is 48.5 Å². The van der Waals surface area contributed by atoms with E-state index in [0.717, 1.165) is 21.7 Å². The van der Waals surface area contributed by atoms with Crippen LogP contribution < -0.4 is 10.6 Å². The molecule has 4 heteroatoms. The summed E-state index contributed by atoms with van der Waals surface area (Å²) in [5.41, 5.74) is 2.21. The highest BCUT2D eigenvalue weighted by molar-refractivity contribution is 7.71. The van der Waals surface area contributed by atoms with Gasteiger partial charge in [0, 0.05) is 35.3 Å². The fraction of sp³-hybridized carbons (Fsp3) is 0.400. The fourth-order valence-electron chi connectivity index (χ4n) is 3.03. The zero-order chi connectivity index (χ0) is 17.8. The largest absolute Gasteiger partial charge is 0.319 e. The van der Waals surface area contributed by atoms with Crippen LogP contribution in [-0.2, 0) is 9.13 Å². The average molecular weight is 362 g/mol. The van der Waals surface area contributed by atoms with E-state index < -0.39 is 14.3 Å². The van der Waals surface area contributed by atoms with Crippen molar-refractivity contribution in [2.45, 2.75) is 27.7 Å². The van der Waals surface area contributed by atoms with Crippen LogP contribution in [0.2, 0.25) is 0 Å². The molecule has 0 spiro atoms. The molecule has 0 saturated heterocycles. The van der Waals surface area contributed by atoms with Crippen LogP contribution in [-0.4, -0.2) is 24.6 Å². The van der Waals surface area contributed by atoms with Crippen LogP contribution in [0.25, 0.3) is 11.1 Å². The van der Waals surface area contributed by atoms with E-state index in [1.54, 1.807) is 0 Å². The third kappa shape index (κ3) is 3.76. The molecule has 2 aromatic carbocycles. The van der Waals surface area contributed by atoms with Crippen LogP contribution in [0, 0.1) is 0 Å². The Labute approximate surface area is 146 Å². The van der Waals surface area contributed by atoms with Gasteiger partial charge in [-0.1, -0.05) is 76.2 Å². The lowest BCUT2D eigenvalue weighted by molar-refractivity contribution is 0.581. The minimum Gasteiger partial charge on any atom is -0.319 e. The first-order chi connectivity index (χ1) is 11.4. The Morgan fingerprint density at radius 3 is 1.00 bits per heavy atom. The van der Waals surface area contributed by atoms with Gasteiger partial charge in [-0.15, -0.1) is 0 Å². The van der Waals surface area contributed by atoms with Gasteiger partial charge in [0.25, 0.3) is 0 Å². The topological polar surface area (TPSA) is 34.1 Å². The van der Waals surface area contributed by atoms with Gasteiger partial charge in [0.15, 0.2) is 0 Å². The van der Waals surface area contributed by atoms with Crippen molar-refractivity contribution in [2.24, 2.45) is 0 Å². The molecular weight excluding hydrogens is 334 g/mol. The van der Waals surface area contributed by atoms with Gasteiger partial charge in [-0.25, -0.2) is 0 Å². The first kappa shape index (κ1) is 19.2. The molecule has 0 aliphatic rings. The summed E-state index contributed by atoms with van der Waals surface area (Å²) in [6.45, 7) is 7.99. The first-order valence-electron chi connectivity index (χ1n) is 8.80. The zero-order valence-electron chi connectivity index (χ0n) is 15.2. The van der Waals surface area contributed by atoms with Crippen LogP contribution in [0.15, 0.2) is 48.5 Å². The van der Waals surface area contributed by atoms with Crippen LogP contribution in [0.5, 0.6) is 0 Å². The number of hydrogen-bond donors (Lipinski definition) is 0. The van der Waals surface area contributed by atoms with Crippen molar-refractivity contribution in [1.29, 1.82) is 0 Å². The number of rotatable bonds is 7. The van der Waals surface area contributed by atoms with Crippen LogP contribution >= 0.6 is 14.3 Å². The molecule has 2 nitrogen and oxygen atoms in total. The van der Waals surface area contributed by atoms with E-state index in [9.17, 15) is 9.13 Å². The lowest BCUT2D eigenvalue weighted by atomic mass is 10.1. The van der Waals surface area contributed by atoms with Crippen molar-refractivity contribution < 1.29 is 9.13 Å². The highest BCUT2D eigenvalue weighted by atomic mass is 31.2. The summed E-state index contributed by atoms with van der Waals surface area (Å²) in [7, 11) is -4.44. The van der Waals surface area contributed by atoms with Gasteiger partial charge >= 0.3 is 0 Å². The molecule has 0 amide bonds. The lowest BCUT2D eigenvalue weighted by Gasteiger charge is -2.16. The number of benzene rings is 2. The third-order valence-corrected chi connectivity index (χ3v) is 11.6. The zero-order valence-corrected chi connectivity index (χ0v) is 16.9. The summed E-state index contributed by atoms with van der Waals surface area (Å²) in [4.78, 5) is 0. The van der Waals surface area contributed by atoms with E-state index in [1.807, 2.05) is 76.2 Å². The number of hydrogen-bond acceptors (Lipinski definition) is 2. The SMILES string of the molecule is CCP(=O)(CC)c1ccc(-c2ccc(P(=O)(CC)CC)cc2)cc1. The smallest absolute Gasteiger partial charge is 0.115 e. The molecule has 130 valence electrons. The normalized spacial score (nSPS) is 12.3. The maximum Gasteiger partial charge on any atom is 0.115 e. The molecule has 2 rings (SSSR count). The average Bonchev–Trinajstić information content (AvgIpc) is 2.67. The molecule has 0 aliphatic carbocycles. The first-order valence-corrected chi connectivity index (χ1v) is 13.0. The second kappa shape index (κ2) is 7.85. The summed E-state index contributed by atoms with van der Waals surface area (Å²) in [5, 5.41) is 1.93. The highest BCUT2D eigenvalue weighted by Crippen LogP contribution is 2.44. The van der Waals surface area contributed by atoms with E-state index in [2.05, 4.69) is 0 Å². The molecule has 0 radical (unpaired) electrons. The molecule has 0 heterocycles. The van der Waals surface area contributed by atoms with E-state index in [-0.39, 0.29) is 0 Å². The second-order valence-electron chi connectivity index (χ2n) is 6.14. The van der Waals surface area contributed by atoms with Crippen LogP contribution in [0.1, 0.15) is 27.7 Å². The predicted octanol–water partition coefficient (Wildman–Crippen LogP) is 5.41. The maximum absolute atomic E-state index is 12.8.